The molecule has 2 heterocycles. The van der Waals surface area contributed by atoms with Gasteiger partial charge in [0, 0.05) is 18.6 Å². The standard InChI is InChI=1S/C18H17N3O3S/c1-14-5-7-17(8-6-14)25(23,24)21-11-9-15(13-21)18(22)20-12-16-4-2-3-10-19-16/h2-11,13H,12H2,1H3,(H,20,22). The molecule has 1 N–H and O–H groups in total. The first-order chi connectivity index (χ1) is 12.0. The summed E-state index contributed by atoms with van der Waals surface area (Å²) < 4.78 is 26.2. The van der Waals surface area contributed by atoms with E-state index >= 15 is 0 Å². The number of benzene rings is 1. The molecule has 1 amide bonds. The van der Waals surface area contributed by atoms with E-state index in [0.717, 1.165) is 15.2 Å². The topological polar surface area (TPSA) is 81.1 Å². The SMILES string of the molecule is Cc1ccc(S(=O)(=O)n2ccc(C(=O)NCc3ccccn3)c2)cc1. The molecule has 1 aromatic carbocycles. The summed E-state index contributed by atoms with van der Waals surface area (Å²) in [6, 6.07) is 13.5. The zero-order valence-corrected chi connectivity index (χ0v) is 14.4. The van der Waals surface area contributed by atoms with Crippen LogP contribution in [-0.2, 0) is 16.6 Å². The summed E-state index contributed by atoms with van der Waals surface area (Å²) in [7, 11) is -3.71. The lowest BCUT2D eigenvalue weighted by Crippen LogP contribution is -2.23. The predicted octanol–water partition coefficient (Wildman–Crippen LogP) is 2.36. The van der Waals surface area contributed by atoms with Crippen LogP contribution in [0.5, 0.6) is 0 Å². The minimum Gasteiger partial charge on any atom is -0.346 e. The van der Waals surface area contributed by atoms with Crippen molar-refractivity contribution in [3.8, 4) is 0 Å². The largest absolute Gasteiger partial charge is 0.346 e. The third-order valence-electron chi connectivity index (χ3n) is 3.68. The molecule has 7 heteroatoms. The Hall–Kier alpha value is -2.93. The van der Waals surface area contributed by atoms with Gasteiger partial charge in [0.15, 0.2) is 0 Å². The molecule has 2 aromatic heterocycles. The average molecular weight is 355 g/mol. The molecule has 0 aliphatic rings. The van der Waals surface area contributed by atoms with Crippen molar-refractivity contribution in [3.05, 3.63) is 83.9 Å². The molecule has 0 unspecified atom stereocenters. The van der Waals surface area contributed by atoms with Gasteiger partial charge in [-0.1, -0.05) is 23.8 Å². The molecule has 128 valence electrons. The number of amides is 1. The summed E-state index contributed by atoms with van der Waals surface area (Å²) in [6.07, 6.45) is 4.32. The van der Waals surface area contributed by atoms with E-state index in [9.17, 15) is 13.2 Å². The highest BCUT2D eigenvalue weighted by Crippen LogP contribution is 2.16. The van der Waals surface area contributed by atoms with Crippen molar-refractivity contribution in [2.75, 3.05) is 0 Å². The number of carbonyl (C=O) groups is 1. The van der Waals surface area contributed by atoms with Gasteiger partial charge >= 0.3 is 0 Å². The molecule has 0 spiro atoms. The molecule has 0 bridgehead atoms. The maximum Gasteiger partial charge on any atom is 0.267 e. The van der Waals surface area contributed by atoms with Crippen molar-refractivity contribution >= 4 is 15.9 Å². The summed E-state index contributed by atoms with van der Waals surface area (Å²) in [4.78, 5) is 16.5. The number of carbonyl (C=O) groups excluding carboxylic acids is 1. The highest BCUT2D eigenvalue weighted by molar-refractivity contribution is 7.90. The second kappa shape index (κ2) is 6.90. The van der Waals surface area contributed by atoms with Crippen LogP contribution in [0.4, 0.5) is 0 Å². The summed E-state index contributed by atoms with van der Waals surface area (Å²) in [5.41, 5.74) is 1.97. The normalized spacial score (nSPS) is 11.2. The number of nitrogens with zero attached hydrogens (tertiary/aromatic N) is 2. The molecule has 3 rings (SSSR count). The van der Waals surface area contributed by atoms with Crippen LogP contribution in [-0.4, -0.2) is 23.3 Å². The zero-order chi connectivity index (χ0) is 17.9. The molecule has 0 saturated carbocycles. The Morgan fingerprint density at radius 3 is 2.56 bits per heavy atom. The Balaban J connectivity index is 1.75. The Kier molecular flexibility index (Phi) is 4.67. The Bertz CT molecular complexity index is 978. The Morgan fingerprint density at radius 1 is 1.12 bits per heavy atom. The maximum atomic E-state index is 12.6. The highest BCUT2D eigenvalue weighted by atomic mass is 32.2. The van der Waals surface area contributed by atoms with Crippen molar-refractivity contribution in [1.82, 2.24) is 14.3 Å². The highest BCUT2D eigenvalue weighted by Gasteiger charge is 2.18. The monoisotopic (exact) mass is 355 g/mol. The van der Waals surface area contributed by atoms with E-state index in [0.29, 0.717) is 0 Å². The number of rotatable bonds is 5. The van der Waals surface area contributed by atoms with Crippen LogP contribution in [0, 0.1) is 6.92 Å². The fourth-order valence-corrected chi connectivity index (χ4v) is 3.47. The molecule has 0 fully saturated rings. The molecule has 0 aliphatic carbocycles. The van der Waals surface area contributed by atoms with E-state index in [1.807, 2.05) is 13.0 Å². The first-order valence-electron chi connectivity index (χ1n) is 7.65. The number of aromatic nitrogens is 2. The molecule has 0 aliphatic heterocycles. The van der Waals surface area contributed by atoms with E-state index < -0.39 is 10.0 Å². The molecule has 0 atom stereocenters. The van der Waals surface area contributed by atoms with Gasteiger partial charge in [0.2, 0.25) is 0 Å². The number of nitrogens with one attached hydrogen (secondary N) is 1. The lowest BCUT2D eigenvalue weighted by molar-refractivity contribution is 0.0950. The van der Waals surface area contributed by atoms with Gasteiger partial charge in [-0.05, 0) is 37.3 Å². The van der Waals surface area contributed by atoms with Crippen molar-refractivity contribution in [1.29, 1.82) is 0 Å². The molecule has 6 nitrogen and oxygen atoms in total. The molecule has 0 radical (unpaired) electrons. The molecular weight excluding hydrogens is 338 g/mol. The Labute approximate surface area is 146 Å². The average Bonchev–Trinajstić information content (AvgIpc) is 3.12. The van der Waals surface area contributed by atoms with Crippen LogP contribution in [0.25, 0.3) is 0 Å². The molecule has 25 heavy (non-hydrogen) atoms. The lowest BCUT2D eigenvalue weighted by Gasteiger charge is -2.06. The van der Waals surface area contributed by atoms with E-state index in [4.69, 9.17) is 0 Å². The minimum atomic E-state index is -3.71. The fraction of sp³-hybridized carbons (Fsp3) is 0.111. The quantitative estimate of drug-likeness (QED) is 0.762. The van der Waals surface area contributed by atoms with E-state index in [2.05, 4.69) is 10.3 Å². The van der Waals surface area contributed by atoms with E-state index in [-0.39, 0.29) is 22.9 Å². The van der Waals surface area contributed by atoms with Crippen molar-refractivity contribution in [2.24, 2.45) is 0 Å². The van der Waals surface area contributed by atoms with Gasteiger partial charge in [0.05, 0.1) is 22.7 Å². The zero-order valence-electron chi connectivity index (χ0n) is 13.6. The van der Waals surface area contributed by atoms with Crippen LogP contribution in [0.1, 0.15) is 21.6 Å². The predicted molar refractivity (Wildman–Crippen MR) is 93.6 cm³/mol. The number of pyridine rings is 1. The van der Waals surface area contributed by atoms with Crippen LogP contribution >= 0.6 is 0 Å². The number of aryl methyl sites for hydroxylation is 1. The summed E-state index contributed by atoms with van der Waals surface area (Å²) in [6.45, 7) is 2.16. The summed E-state index contributed by atoms with van der Waals surface area (Å²) >= 11 is 0. The molecule has 3 aromatic rings. The van der Waals surface area contributed by atoms with Gasteiger partial charge in [0.25, 0.3) is 15.9 Å². The Morgan fingerprint density at radius 2 is 1.88 bits per heavy atom. The van der Waals surface area contributed by atoms with Crippen LogP contribution in [0.15, 0.2) is 72.0 Å². The maximum absolute atomic E-state index is 12.6. The molecule has 0 saturated heterocycles. The van der Waals surface area contributed by atoms with Gasteiger partial charge in [-0.15, -0.1) is 0 Å². The van der Waals surface area contributed by atoms with Crippen LogP contribution in [0.3, 0.4) is 0 Å². The minimum absolute atomic E-state index is 0.175. The smallest absolute Gasteiger partial charge is 0.267 e. The van der Waals surface area contributed by atoms with Gasteiger partial charge in [-0.2, -0.15) is 0 Å². The van der Waals surface area contributed by atoms with Crippen molar-refractivity contribution in [3.63, 3.8) is 0 Å². The number of hydrogen-bond donors (Lipinski definition) is 1. The van der Waals surface area contributed by atoms with Crippen molar-refractivity contribution < 1.29 is 13.2 Å². The summed E-state index contributed by atoms with van der Waals surface area (Å²) in [5.74, 6) is -0.358. The van der Waals surface area contributed by atoms with E-state index in [1.165, 1.54) is 18.5 Å². The summed E-state index contributed by atoms with van der Waals surface area (Å²) in [5, 5.41) is 2.72. The van der Waals surface area contributed by atoms with Crippen molar-refractivity contribution in [2.45, 2.75) is 18.4 Å². The van der Waals surface area contributed by atoms with Crippen LogP contribution < -0.4 is 5.32 Å². The third-order valence-corrected chi connectivity index (χ3v) is 5.33. The van der Waals surface area contributed by atoms with Gasteiger partial charge < -0.3 is 5.32 Å². The third kappa shape index (κ3) is 3.77. The second-order valence-electron chi connectivity index (χ2n) is 5.55. The first kappa shape index (κ1) is 16.9. The van der Waals surface area contributed by atoms with Gasteiger partial charge in [-0.3, -0.25) is 9.78 Å². The van der Waals surface area contributed by atoms with Gasteiger partial charge in [0.1, 0.15) is 0 Å². The lowest BCUT2D eigenvalue weighted by atomic mass is 10.2. The molecular formula is C18H17N3O3S. The number of hydrogen-bond acceptors (Lipinski definition) is 4. The van der Waals surface area contributed by atoms with E-state index in [1.54, 1.807) is 42.6 Å². The fourth-order valence-electron chi connectivity index (χ4n) is 2.27. The first-order valence-corrected chi connectivity index (χ1v) is 9.09. The van der Waals surface area contributed by atoms with Crippen LogP contribution in [0.2, 0.25) is 0 Å². The van der Waals surface area contributed by atoms with Gasteiger partial charge in [-0.25, -0.2) is 12.4 Å². The second-order valence-corrected chi connectivity index (χ2v) is 7.40.